The van der Waals surface area contributed by atoms with E-state index in [2.05, 4.69) is 204 Å². The topological polar surface area (TPSA) is 38.1 Å². The lowest BCUT2D eigenvalue weighted by Crippen LogP contribution is -2.12. The van der Waals surface area contributed by atoms with Crippen molar-refractivity contribution in [2.75, 3.05) is 9.80 Å². The van der Waals surface area contributed by atoms with Crippen LogP contribution in [0.5, 0.6) is 23.0 Å². The number of benzene rings is 11. The highest BCUT2D eigenvalue weighted by Crippen LogP contribution is 2.57. The Morgan fingerprint density at radius 3 is 1.48 bits per heavy atom. The molecule has 0 aliphatic carbocycles. The van der Waals surface area contributed by atoms with E-state index in [4.69, 9.17) is 13.9 Å². The summed E-state index contributed by atoms with van der Waals surface area (Å²) in [6, 6.07) is 77.0. The molecule has 0 fully saturated rings. The molecule has 3 heterocycles. The van der Waals surface area contributed by atoms with E-state index in [1.165, 1.54) is 10.8 Å². The fraction of sp³-hybridized carbons (Fsp3) is 0. The van der Waals surface area contributed by atoms with Crippen LogP contribution in [0.25, 0.3) is 76.5 Å². The number of anilines is 6. The van der Waals surface area contributed by atoms with Crippen molar-refractivity contribution >= 4 is 88.4 Å². The van der Waals surface area contributed by atoms with E-state index in [0.717, 1.165) is 123 Å². The molecule has 65 heavy (non-hydrogen) atoms. The quantitative estimate of drug-likeness (QED) is 0.156. The monoisotopic (exact) mass is 832 g/mol. The minimum absolute atomic E-state index is 0.786. The van der Waals surface area contributed by atoms with Crippen LogP contribution in [0.4, 0.5) is 34.1 Å². The second-order valence-corrected chi connectivity index (χ2v) is 16.8. The molecule has 1 aromatic heterocycles. The van der Waals surface area contributed by atoms with Crippen molar-refractivity contribution in [2.24, 2.45) is 0 Å². The Hall–Kier alpha value is -8.80. The summed E-state index contributed by atoms with van der Waals surface area (Å²) in [6.45, 7) is 0. The van der Waals surface area contributed by atoms with Gasteiger partial charge in [0, 0.05) is 67.3 Å². The van der Waals surface area contributed by atoms with Crippen molar-refractivity contribution in [3.05, 3.63) is 218 Å². The third-order valence-corrected chi connectivity index (χ3v) is 13.2. The van der Waals surface area contributed by atoms with Gasteiger partial charge in [-0.15, -0.1) is 0 Å². The molecule has 0 bridgehead atoms. The molecule has 0 saturated carbocycles. The number of furan rings is 1. The molecule has 0 unspecified atom stereocenters. The highest BCUT2D eigenvalue weighted by atomic mass is 16.5. The number of fused-ring (bicyclic) bond motifs is 10. The van der Waals surface area contributed by atoms with Crippen molar-refractivity contribution in [3.8, 4) is 45.3 Å². The Kier molecular flexibility index (Phi) is 7.62. The fourth-order valence-corrected chi connectivity index (χ4v) is 10.3. The lowest BCUT2D eigenvalue weighted by Gasteiger charge is -2.31. The summed E-state index contributed by atoms with van der Waals surface area (Å²) in [4.78, 5) is 4.60. The molecule has 12 aromatic rings. The van der Waals surface area contributed by atoms with Crippen LogP contribution in [0.2, 0.25) is 0 Å². The molecular formula is C60H36N2O3. The van der Waals surface area contributed by atoms with E-state index in [1.54, 1.807) is 0 Å². The highest BCUT2D eigenvalue weighted by molar-refractivity contribution is 6.18. The fourth-order valence-electron chi connectivity index (χ4n) is 10.3. The largest absolute Gasteiger partial charge is 0.456 e. The molecule has 14 rings (SSSR count). The summed E-state index contributed by atoms with van der Waals surface area (Å²) < 4.78 is 20.6. The van der Waals surface area contributed by atoms with Gasteiger partial charge in [0.15, 0.2) is 5.58 Å². The minimum atomic E-state index is 0.786. The second-order valence-electron chi connectivity index (χ2n) is 16.8. The van der Waals surface area contributed by atoms with Crippen molar-refractivity contribution in [1.82, 2.24) is 0 Å². The summed E-state index contributed by atoms with van der Waals surface area (Å²) in [5.74, 6) is 3.22. The number of nitrogens with zero attached hydrogens (tertiary/aromatic N) is 2. The van der Waals surface area contributed by atoms with Crippen LogP contribution in [-0.2, 0) is 0 Å². The molecule has 2 aliphatic rings. The summed E-state index contributed by atoms with van der Waals surface area (Å²) in [5.41, 5.74) is 12.1. The second kappa shape index (κ2) is 13.9. The predicted octanol–water partition coefficient (Wildman–Crippen LogP) is 17.5. The average molecular weight is 833 g/mol. The zero-order chi connectivity index (χ0) is 42.6. The van der Waals surface area contributed by atoms with Gasteiger partial charge in [0.05, 0.1) is 17.1 Å². The van der Waals surface area contributed by atoms with Gasteiger partial charge in [-0.25, -0.2) is 0 Å². The normalized spacial score (nSPS) is 12.2. The minimum Gasteiger partial charge on any atom is -0.456 e. The Labute approximate surface area is 374 Å². The van der Waals surface area contributed by atoms with Crippen molar-refractivity contribution < 1.29 is 13.9 Å². The molecule has 2 aliphatic heterocycles. The van der Waals surface area contributed by atoms with Gasteiger partial charge in [-0.2, -0.15) is 0 Å². The predicted molar refractivity (Wildman–Crippen MR) is 267 cm³/mol. The maximum absolute atomic E-state index is 7.01. The van der Waals surface area contributed by atoms with Crippen LogP contribution in [0.15, 0.2) is 223 Å². The standard InChI is InChI=1S/C60H36N2O3/c1-3-15-38(16-4-1)61(39-17-5-2-6-18-39)40-26-28-46-48-30-33-55-59-49(31-32-54(58(48)59)63-56(46)35-40)47-29-27-41(36-57(47)64-55)62(51-24-13-23-50-45-22-11-12-25-53(45)65-60(50)51)52-34-37-14-7-8-19-42(37)43-20-9-10-21-44(43)52/h1-36H. The molecule has 0 saturated heterocycles. The van der Waals surface area contributed by atoms with Gasteiger partial charge in [-0.1, -0.05) is 115 Å². The molecule has 0 spiro atoms. The Morgan fingerprint density at radius 1 is 0.292 bits per heavy atom. The smallest absolute Gasteiger partial charge is 0.159 e. The SMILES string of the molecule is c1ccc(N(c2ccccc2)c2ccc3c(c2)Oc2ccc4c5c(ccc-3c25)Oc2cc(N(c3cc5ccccc5c5ccccc35)c3cccc5c3oc3ccccc35)ccc2-4)cc1. The molecule has 11 aromatic carbocycles. The highest BCUT2D eigenvalue weighted by Gasteiger charge is 2.30. The van der Waals surface area contributed by atoms with E-state index in [-0.39, 0.29) is 0 Å². The van der Waals surface area contributed by atoms with Gasteiger partial charge in [0.25, 0.3) is 0 Å². The van der Waals surface area contributed by atoms with Crippen LogP contribution in [0, 0.1) is 0 Å². The Morgan fingerprint density at radius 2 is 0.815 bits per heavy atom. The van der Waals surface area contributed by atoms with Crippen LogP contribution in [0.3, 0.4) is 0 Å². The van der Waals surface area contributed by atoms with Gasteiger partial charge in [0.1, 0.15) is 28.6 Å². The van der Waals surface area contributed by atoms with E-state index in [9.17, 15) is 0 Å². The maximum Gasteiger partial charge on any atom is 0.159 e. The molecule has 0 N–H and O–H groups in total. The van der Waals surface area contributed by atoms with Crippen LogP contribution in [0.1, 0.15) is 0 Å². The van der Waals surface area contributed by atoms with E-state index < -0.39 is 0 Å². The molecule has 5 heteroatoms. The number of ether oxygens (including phenoxy) is 2. The molecule has 0 radical (unpaired) electrons. The van der Waals surface area contributed by atoms with Crippen LogP contribution < -0.4 is 19.3 Å². The summed E-state index contributed by atoms with van der Waals surface area (Å²) in [5, 5.41) is 8.97. The molecule has 0 amide bonds. The zero-order valence-corrected chi connectivity index (χ0v) is 34.9. The average Bonchev–Trinajstić information content (AvgIpc) is 3.75. The Balaban J connectivity index is 0.922. The van der Waals surface area contributed by atoms with Gasteiger partial charge in [-0.05, 0) is 118 Å². The van der Waals surface area contributed by atoms with E-state index in [0.29, 0.717) is 0 Å². The summed E-state index contributed by atoms with van der Waals surface area (Å²) >= 11 is 0. The molecular weight excluding hydrogens is 797 g/mol. The lowest BCUT2D eigenvalue weighted by molar-refractivity contribution is 0.480. The van der Waals surface area contributed by atoms with E-state index >= 15 is 0 Å². The summed E-state index contributed by atoms with van der Waals surface area (Å²) in [6.07, 6.45) is 0. The number of para-hydroxylation sites is 4. The first kappa shape index (κ1) is 35.8. The van der Waals surface area contributed by atoms with Crippen LogP contribution >= 0.6 is 0 Å². The number of hydrogen-bond donors (Lipinski definition) is 0. The first-order chi connectivity index (χ1) is 32.2. The third kappa shape index (κ3) is 5.39. The number of rotatable bonds is 6. The first-order valence-corrected chi connectivity index (χ1v) is 22.0. The third-order valence-electron chi connectivity index (χ3n) is 13.2. The Bertz CT molecular complexity index is 3870. The maximum atomic E-state index is 7.01. The molecule has 0 atom stereocenters. The van der Waals surface area contributed by atoms with Gasteiger partial charge < -0.3 is 23.7 Å². The number of hydrogen-bond acceptors (Lipinski definition) is 5. The van der Waals surface area contributed by atoms with Gasteiger partial charge in [-0.3, -0.25) is 0 Å². The van der Waals surface area contributed by atoms with Crippen molar-refractivity contribution in [3.63, 3.8) is 0 Å². The molecule has 304 valence electrons. The summed E-state index contributed by atoms with van der Waals surface area (Å²) in [7, 11) is 0. The van der Waals surface area contributed by atoms with Gasteiger partial charge >= 0.3 is 0 Å². The van der Waals surface area contributed by atoms with Crippen molar-refractivity contribution in [1.29, 1.82) is 0 Å². The molecule has 5 nitrogen and oxygen atoms in total. The van der Waals surface area contributed by atoms with Crippen LogP contribution in [-0.4, -0.2) is 0 Å². The van der Waals surface area contributed by atoms with E-state index in [1.807, 2.05) is 24.3 Å². The zero-order valence-electron chi connectivity index (χ0n) is 34.9. The van der Waals surface area contributed by atoms with Gasteiger partial charge in [0.2, 0.25) is 0 Å². The van der Waals surface area contributed by atoms with Crippen molar-refractivity contribution in [2.45, 2.75) is 0 Å². The first-order valence-electron chi connectivity index (χ1n) is 22.0. The lowest BCUT2D eigenvalue weighted by atomic mass is 9.88.